The second-order valence-corrected chi connectivity index (χ2v) is 15.3. The van der Waals surface area contributed by atoms with Crippen LogP contribution in [0.2, 0.25) is 0 Å². The maximum Gasteiger partial charge on any atom is 0.313 e. The average Bonchev–Trinajstić information content (AvgIpc) is 3.36. The van der Waals surface area contributed by atoms with Crippen molar-refractivity contribution in [3.8, 4) is 0 Å². The molecule has 2 fully saturated rings. The van der Waals surface area contributed by atoms with Crippen molar-refractivity contribution in [1.29, 1.82) is 0 Å². The Morgan fingerprint density at radius 2 is 1.72 bits per heavy atom. The number of cyclic esters (lactones) is 1. The molecule has 10 nitrogen and oxygen atoms in total. The standard InChI is InChI=1S/C37H51N3O7/c1-24-30(25-15-8-7-9-16-25)46-34(45)28-26(17-10-11-18-27(42)38-24)47-37-19-14-21-40(36(5,6)23-35(2,3)4)33(44)31(37)39(20-12-13-22-41)32(43)29(28)37/h7-10,14-17,19,24,26,28-31,41H,11-13,18,20-23H2,1-6H3,(H,38,42)/b17-10-/t24-,26-,28+,29+,30+,31-,37+/m0/s1. The quantitative estimate of drug-likeness (QED) is 0.259. The van der Waals surface area contributed by atoms with Crippen molar-refractivity contribution in [2.24, 2.45) is 17.3 Å². The Morgan fingerprint density at radius 3 is 2.40 bits per heavy atom. The van der Waals surface area contributed by atoms with Crippen molar-refractivity contribution in [2.75, 3.05) is 19.7 Å². The summed E-state index contributed by atoms with van der Waals surface area (Å²) >= 11 is 0. The van der Waals surface area contributed by atoms with Crippen LogP contribution in [0.3, 0.4) is 0 Å². The number of aliphatic hydroxyl groups is 1. The number of likely N-dealkylation sites (tertiary alicyclic amines) is 1. The molecular formula is C37H51N3O7. The highest BCUT2D eigenvalue weighted by Crippen LogP contribution is 2.54. The number of esters is 1. The number of allylic oxidation sites excluding steroid dienone is 1. The lowest BCUT2D eigenvalue weighted by atomic mass is 9.77. The maximum absolute atomic E-state index is 14.8. The number of carbonyl (C=O) groups excluding carboxylic acids is 4. The summed E-state index contributed by atoms with van der Waals surface area (Å²) in [6, 6.07) is 7.71. The van der Waals surface area contributed by atoms with Crippen LogP contribution in [0.4, 0.5) is 0 Å². The molecule has 7 atom stereocenters. The monoisotopic (exact) mass is 649 g/mol. The van der Waals surface area contributed by atoms with Crippen LogP contribution in [0.15, 0.2) is 54.6 Å². The Balaban J connectivity index is 1.59. The minimum absolute atomic E-state index is 0.0340. The first-order valence-electron chi connectivity index (χ1n) is 17.0. The van der Waals surface area contributed by atoms with Crippen molar-refractivity contribution in [1.82, 2.24) is 15.1 Å². The Morgan fingerprint density at radius 1 is 1.00 bits per heavy atom. The van der Waals surface area contributed by atoms with Gasteiger partial charge in [-0.05, 0) is 57.4 Å². The predicted molar refractivity (Wildman–Crippen MR) is 177 cm³/mol. The highest BCUT2D eigenvalue weighted by atomic mass is 16.6. The lowest BCUT2D eigenvalue weighted by molar-refractivity contribution is -0.161. The molecule has 2 N–H and O–H groups in total. The van der Waals surface area contributed by atoms with Gasteiger partial charge in [0, 0.05) is 31.7 Å². The second-order valence-electron chi connectivity index (χ2n) is 15.3. The van der Waals surface area contributed by atoms with E-state index in [1.807, 2.05) is 53.5 Å². The smallest absolute Gasteiger partial charge is 0.313 e. The van der Waals surface area contributed by atoms with Crippen LogP contribution < -0.4 is 5.32 Å². The molecule has 10 heteroatoms. The van der Waals surface area contributed by atoms with Crippen LogP contribution in [0, 0.1) is 17.3 Å². The van der Waals surface area contributed by atoms with Gasteiger partial charge in [0.15, 0.2) is 0 Å². The molecule has 2 saturated heterocycles. The molecule has 0 bridgehead atoms. The Labute approximate surface area is 278 Å². The van der Waals surface area contributed by atoms with Crippen LogP contribution in [0.1, 0.15) is 85.3 Å². The van der Waals surface area contributed by atoms with E-state index in [9.17, 15) is 24.3 Å². The fraction of sp³-hybridized carbons (Fsp3) is 0.622. The van der Waals surface area contributed by atoms with E-state index < -0.39 is 53.2 Å². The third kappa shape index (κ3) is 6.90. The molecule has 1 aromatic rings. The molecule has 0 aromatic heterocycles. The highest BCUT2D eigenvalue weighted by molar-refractivity contribution is 5.99. The third-order valence-electron chi connectivity index (χ3n) is 9.84. The topological polar surface area (TPSA) is 125 Å². The van der Waals surface area contributed by atoms with Gasteiger partial charge < -0.3 is 29.7 Å². The van der Waals surface area contributed by atoms with E-state index in [0.717, 1.165) is 6.42 Å². The summed E-state index contributed by atoms with van der Waals surface area (Å²) in [6.07, 6.45) is 8.00. The van der Waals surface area contributed by atoms with Crippen molar-refractivity contribution in [2.45, 2.75) is 109 Å². The van der Waals surface area contributed by atoms with Gasteiger partial charge in [-0.3, -0.25) is 19.2 Å². The number of aliphatic hydroxyl groups excluding tert-OH is 1. The normalized spacial score (nSPS) is 32.4. The Kier molecular flexibility index (Phi) is 10.0. The zero-order chi connectivity index (χ0) is 34.1. The fourth-order valence-electron chi connectivity index (χ4n) is 8.28. The van der Waals surface area contributed by atoms with Gasteiger partial charge in [-0.1, -0.05) is 75.4 Å². The summed E-state index contributed by atoms with van der Waals surface area (Å²) in [7, 11) is 0. The van der Waals surface area contributed by atoms with Crippen LogP contribution in [-0.4, -0.2) is 87.6 Å². The minimum Gasteiger partial charge on any atom is -0.455 e. The van der Waals surface area contributed by atoms with Gasteiger partial charge >= 0.3 is 5.97 Å². The summed E-state index contributed by atoms with van der Waals surface area (Å²) < 4.78 is 13.1. The number of rotatable bonds is 7. The molecule has 47 heavy (non-hydrogen) atoms. The van der Waals surface area contributed by atoms with Crippen molar-refractivity contribution in [3.05, 3.63) is 60.2 Å². The number of hydrogen-bond acceptors (Lipinski definition) is 7. The Hall–Kier alpha value is -3.50. The van der Waals surface area contributed by atoms with Gasteiger partial charge in [-0.2, -0.15) is 0 Å². The number of benzene rings is 1. The number of nitrogens with one attached hydrogen (secondary N) is 1. The first-order valence-corrected chi connectivity index (χ1v) is 17.0. The zero-order valence-corrected chi connectivity index (χ0v) is 28.6. The zero-order valence-electron chi connectivity index (χ0n) is 28.6. The summed E-state index contributed by atoms with van der Waals surface area (Å²) in [4.78, 5) is 60.0. The number of amides is 3. The largest absolute Gasteiger partial charge is 0.455 e. The number of unbranched alkanes of at least 4 members (excludes halogenated alkanes) is 1. The molecular weight excluding hydrogens is 598 g/mol. The third-order valence-corrected chi connectivity index (χ3v) is 9.84. The number of nitrogens with zero attached hydrogens (tertiary/aromatic N) is 2. The molecule has 4 heterocycles. The van der Waals surface area contributed by atoms with E-state index >= 15 is 0 Å². The van der Waals surface area contributed by atoms with Crippen LogP contribution in [0.5, 0.6) is 0 Å². The summed E-state index contributed by atoms with van der Waals surface area (Å²) in [5, 5.41) is 12.5. The van der Waals surface area contributed by atoms with E-state index in [4.69, 9.17) is 9.47 Å². The molecule has 0 radical (unpaired) electrons. The molecule has 4 aliphatic heterocycles. The van der Waals surface area contributed by atoms with Gasteiger partial charge in [0.05, 0.1) is 18.1 Å². The first kappa shape index (κ1) is 34.8. The first-order chi connectivity index (χ1) is 22.2. The highest BCUT2D eigenvalue weighted by Gasteiger charge is 2.72. The molecule has 1 aromatic carbocycles. The molecule has 0 saturated carbocycles. The van der Waals surface area contributed by atoms with E-state index in [2.05, 4.69) is 39.9 Å². The molecule has 5 rings (SSSR count). The van der Waals surface area contributed by atoms with E-state index in [1.54, 1.807) is 17.9 Å². The van der Waals surface area contributed by atoms with Crippen LogP contribution in [-0.2, 0) is 28.7 Å². The maximum atomic E-state index is 14.8. The molecule has 256 valence electrons. The number of hydrogen-bond donors (Lipinski definition) is 2. The van der Waals surface area contributed by atoms with E-state index in [-0.39, 0.29) is 42.7 Å². The van der Waals surface area contributed by atoms with Crippen LogP contribution in [0.25, 0.3) is 0 Å². The van der Waals surface area contributed by atoms with Gasteiger partial charge in [0.1, 0.15) is 23.7 Å². The van der Waals surface area contributed by atoms with Gasteiger partial charge in [-0.15, -0.1) is 0 Å². The summed E-state index contributed by atoms with van der Waals surface area (Å²) in [5.41, 5.74) is -1.28. The van der Waals surface area contributed by atoms with Crippen molar-refractivity contribution in [3.63, 3.8) is 0 Å². The lowest BCUT2D eigenvalue weighted by Crippen LogP contribution is -2.59. The Bertz CT molecular complexity index is 1400. The van der Waals surface area contributed by atoms with Gasteiger partial charge in [0.25, 0.3) is 0 Å². The number of fused-ring (bicyclic) bond motifs is 2. The fourth-order valence-corrected chi connectivity index (χ4v) is 8.28. The van der Waals surface area contributed by atoms with Gasteiger partial charge in [0.2, 0.25) is 17.7 Å². The molecule has 4 aliphatic rings. The predicted octanol–water partition coefficient (Wildman–Crippen LogP) is 4.09. The molecule has 3 amide bonds. The van der Waals surface area contributed by atoms with Crippen molar-refractivity contribution >= 4 is 23.7 Å². The van der Waals surface area contributed by atoms with Crippen molar-refractivity contribution < 1.29 is 33.8 Å². The van der Waals surface area contributed by atoms with Gasteiger partial charge in [-0.25, -0.2) is 0 Å². The minimum atomic E-state index is -1.40. The average molecular weight is 650 g/mol. The molecule has 1 spiro atoms. The molecule has 0 aliphatic carbocycles. The SMILES string of the molecule is C[C@@H]1NC(=O)CC/C=C\[C@@H]2O[C@@]34C=CCN(C(C)(C)CC(C)(C)C)C(=O)[C@@H]3N(CCCCO)C(=O)[C@H]4[C@@H]2C(=O)O[C@H]1c1ccccc1. The van der Waals surface area contributed by atoms with E-state index in [1.165, 1.54) is 0 Å². The summed E-state index contributed by atoms with van der Waals surface area (Å²) in [6.45, 7) is 12.9. The van der Waals surface area contributed by atoms with Crippen LogP contribution >= 0.6 is 0 Å². The second kappa shape index (κ2) is 13.5. The lowest BCUT2D eigenvalue weighted by Gasteiger charge is -2.44. The number of ether oxygens (including phenoxy) is 2. The summed E-state index contributed by atoms with van der Waals surface area (Å²) in [5.74, 6) is -3.35. The number of carbonyl (C=O) groups is 4. The molecule has 0 unspecified atom stereocenters. The van der Waals surface area contributed by atoms with E-state index in [0.29, 0.717) is 31.4 Å².